The summed E-state index contributed by atoms with van der Waals surface area (Å²) in [6, 6.07) is 14.0. The molecule has 8 heteroatoms. The smallest absolute Gasteiger partial charge is 0.339 e. The summed E-state index contributed by atoms with van der Waals surface area (Å²) in [6.07, 6.45) is 3.02. The van der Waals surface area contributed by atoms with Crippen LogP contribution in [0.5, 0.6) is 11.6 Å². The second-order valence-electron chi connectivity index (χ2n) is 6.43. The monoisotopic (exact) mass is 404 g/mol. The molecule has 29 heavy (non-hydrogen) atoms. The number of ether oxygens (including phenoxy) is 1. The Labute approximate surface area is 169 Å². The van der Waals surface area contributed by atoms with Gasteiger partial charge in [-0.15, -0.1) is 0 Å². The molecule has 0 fully saturated rings. The Morgan fingerprint density at radius 2 is 1.93 bits per heavy atom. The molecule has 0 bridgehead atoms. The molecule has 0 aliphatic heterocycles. The number of benzene rings is 2. The van der Waals surface area contributed by atoms with Gasteiger partial charge in [0.2, 0.25) is 5.88 Å². The quantitative estimate of drug-likeness (QED) is 0.406. The van der Waals surface area contributed by atoms with Gasteiger partial charge in [0.1, 0.15) is 23.0 Å². The molecule has 7 nitrogen and oxygen atoms in total. The Balaban J connectivity index is 1.66. The van der Waals surface area contributed by atoms with Crippen LogP contribution < -0.4 is 10.4 Å². The van der Waals surface area contributed by atoms with Gasteiger partial charge in [-0.2, -0.15) is 5.10 Å². The lowest BCUT2D eigenvalue weighted by molar-refractivity contribution is 0.462. The first-order valence-electron chi connectivity index (χ1n) is 8.76. The van der Waals surface area contributed by atoms with Crippen molar-refractivity contribution in [2.75, 3.05) is 0 Å². The number of aryl methyl sites for hydroxylation is 1. The fourth-order valence-electron chi connectivity index (χ4n) is 3.16. The normalized spacial score (nSPS) is 11.2. The molecular formula is C21H13ClN4O3. The summed E-state index contributed by atoms with van der Waals surface area (Å²) in [5, 5.41) is 6.31. The number of aromatic nitrogens is 4. The highest BCUT2D eigenvalue weighted by molar-refractivity contribution is 6.30. The number of para-hydroxylation sites is 1. The maximum atomic E-state index is 11.9. The fraction of sp³-hybridized carbons (Fsp3) is 0.0476. The van der Waals surface area contributed by atoms with Gasteiger partial charge in [-0.3, -0.25) is 0 Å². The highest BCUT2D eigenvalue weighted by Crippen LogP contribution is 2.32. The second-order valence-corrected chi connectivity index (χ2v) is 6.87. The topological polar surface area (TPSA) is 83.0 Å². The van der Waals surface area contributed by atoms with Gasteiger partial charge in [0, 0.05) is 5.02 Å². The molecule has 0 atom stereocenters. The van der Waals surface area contributed by atoms with E-state index in [0.29, 0.717) is 32.8 Å². The number of fused-ring (bicyclic) bond motifs is 2. The van der Waals surface area contributed by atoms with Crippen LogP contribution in [-0.4, -0.2) is 19.7 Å². The molecule has 0 saturated heterocycles. The molecule has 0 N–H and O–H groups in total. The third-order valence-corrected chi connectivity index (χ3v) is 4.78. The van der Waals surface area contributed by atoms with Crippen molar-refractivity contribution in [1.29, 1.82) is 0 Å². The first-order valence-corrected chi connectivity index (χ1v) is 9.14. The maximum absolute atomic E-state index is 11.9. The Bertz CT molecular complexity index is 1440. The molecule has 0 aliphatic carbocycles. The minimum absolute atomic E-state index is 0.289. The molecule has 142 valence electrons. The van der Waals surface area contributed by atoms with Crippen molar-refractivity contribution in [3.05, 3.63) is 82.1 Å². The SMILES string of the molecule is Cc1ccc(Cl)cc1-n1ncc2c(Oc3cc(=O)oc4ccccc34)ncnc21. The van der Waals surface area contributed by atoms with Gasteiger partial charge < -0.3 is 9.15 Å². The predicted molar refractivity (Wildman–Crippen MR) is 109 cm³/mol. The highest BCUT2D eigenvalue weighted by Gasteiger charge is 2.16. The molecule has 0 aliphatic rings. The lowest BCUT2D eigenvalue weighted by atomic mass is 10.2. The Kier molecular flexibility index (Phi) is 4.03. The molecule has 3 aromatic heterocycles. The van der Waals surface area contributed by atoms with Crippen molar-refractivity contribution in [2.24, 2.45) is 0 Å². The Hall–Kier alpha value is -3.71. The molecule has 0 radical (unpaired) electrons. The molecule has 0 amide bonds. The van der Waals surface area contributed by atoms with E-state index in [-0.39, 0.29) is 5.88 Å². The summed E-state index contributed by atoms with van der Waals surface area (Å²) < 4.78 is 12.9. The van der Waals surface area contributed by atoms with Crippen LogP contribution in [0.15, 0.2) is 70.3 Å². The Morgan fingerprint density at radius 3 is 2.83 bits per heavy atom. The van der Waals surface area contributed by atoms with Crippen LogP contribution in [0.1, 0.15) is 5.56 Å². The minimum atomic E-state index is -0.505. The lowest BCUT2D eigenvalue weighted by Crippen LogP contribution is -2.01. The van der Waals surface area contributed by atoms with Crippen LogP contribution in [0, 0.1) is 6.92 Å². The number of hydrogen-bond acceptors (Lipinski definition) is 6. The molecule has 5 aromatic rings. The van der Waals surface area contributed by atoms with E-state index in [1.165, 1.54) is 12.4 Å². The van der Waals surface area contributed by atoms with Gasteiger partial charge in [0.25, 0.3) is 0 Å². The van der Waals surface area contributed by atoms with E-state index >= 15 is 0 Å². The summed E-state index contributed by atoms with van der Waals surface area (Å²) >= 11 is 6.16. The first-order chi connectivity index (χ1) is 14.1. The van der Waals surface area contributed by atoms with Crippen LogP contribution in [0.25, 0.3) is 27.7 Å². The summed E-state index contributed by atoms with van der Waals surface area (Å²) in [7, 11) is 0. The average Bonchev–Trinajstić information content (AvgIpc) is 3.15. The van der Waals surface area contributed by atoms with Crippen molar-refractivity contribution in [3.8, 4) is 17.3 Å². The zero-order valence-electron chi connectivity index (χ0n) is 15.2. The van der Waals surface area contributed by atoms with Crippen LogP contribution >= 0.6 is 11.6 Å². The fourth-order valence-corrected chi connectivity index (χ4v) is 3.33. The molecule has 0 saturated carbocycles. The minimum Gasteiger partial charge on any atom is -0.437 e. The van der Waals surface area contributed by atoms with Crippen LogP contribution in [-0.2, 0) is 0 Å². The number of halogens is 1. The summed E-state index contributed by atoms with van der Waals surface area (Å²) in [4.78, 5) is 20.5. The second kappa shape index (κ2) is 6.72. The highest BCUT2D eigenvalue weighted by atomic mass is 35.5. The van der Waals surface area contributed by atoms with Crippen molar-refractivity contribution in [1.82, 2.24) is 19.7 Å². The first kappa shape index (κ1) is 17.4. The van der Waals surface area contributed by atoms with E-state index in [9.17, 15) is 4.79 Å². The van der Waals surface area contributed by atoms with Crippen molar-refractivity contribution >= 4 is 33.6 Å². The zero-order chi connectivity index (χ0) is 20.0. The van der Waals surface area contributed by atoms with Crippen LogP contribution in [0.3, 0.4) is 0 Å². The van der Waals surface area contributed by atoms with E-state index in [2.05, 4.69) is 15.1 Å². The summed E-state index contributed by atoms with van der Waals surface area (Å²) in [6.45, 7) is 1.97. The third-order valence-electron chi connectivity index (χ3n) is 4.55. The van der Waals surface area contributed by atoms with Crippen molar-refractivity contribution in [2.45, 2.75) is 6.92 Å². The van der Waals surface area contributed by atoms with Gasteiger partial charge in [-0.1, -0.05) is 29.8 Å². The van der Waals surface area contributed by atoms with Gasteiger partial charge in [-0.25, -0.2) is 19.4 Å². The molecule has 5 rings (SSSR count). The van der Waals surface area contributed by atoms with Crippen LogP contribution in [0.2, 0.25) is 5.02 Å². The van der Waals surface area contributed by atoms with E-state index in [0.717, 1.165) is 11.3 Å². The molecule has 0 unspecified atom stereocenters. The van der Waals surface area contributed by atoms with Gasteiger partial charge in [-0.05, 0) is 36.8 Å². The zero-order valence-corrected chi connectivity index (χ0v) is 15.9. The maximum Gasteiger partial charge on any atom is 0.339 e. The largest absolute Gasteiger partial charge is 0.437 e. The van der Waals surface area contributed by atoms with Gasteiger partial charge >= 0.3 is 5.63 Å². The molecule has 2 aromatic carbocycles. The molecular weight excluding hydrogens is 392 g/mol. The van der Waals surface area contributed by atoms with Gasteiger partial charge in [0.15, 0.2) is 5.65 Å². The number of nitrogens with zero attached hydrogens (tertiary/aromatic N) is 4. The van der Waals surface area contributed by atoms with E-state index < -0.39 is 5.63 Å². The molecule has 0 spiro atoms. The average molecular weight is 405 g/mol. The molecule has 3 heterocycles. The van der Waals surface area contributed by atoms with Gasteiger partial charge in [0.05, 0.1) is 23.3 Å². The summed E-state index contributed by atoms with van der Waals surface area (Å²) in [5.74, 6) is 0.639. The van der Waals surface area contributed by atoms with Crippen LogP contribution in [0.4, 0.5) is 0 Å². The predicted octanol–water partition coefficient (Wildman–Crippen LogP) is 4.68. The summed E-state index contributed by atoms with van der Waals surface area (Å²) in [5.41, 5.74) is 2.29. The van der Waals surface area contributed by atoms with E-state index in [1.54, 1.807) is 23.0 Å². The Morgan fingerprint density at radius 1 is 1.07 bits per heavy atom. The number of hydrogen-bond donors (Lipinski definition) is 0. The third kappa shape index (κ3) is 3.01. The number of rotatable bonds is 3. The van der Waals surface area contributed by atoms with Crippen molar-refractivity contribution < 1.29 is 9.15 Å². The standard InChI is InChI=1S/C21H13ClN4O3/c1-12-6-7-13(22)8-16(12)26-20-15(10-25-26)21(24-11-23-20)29-18-9-19(27)28-17-5-3-2-4-14(17)18/h2-11H,1H3. The lowest BCUT2D eigenvalue weighted by Gasteiger charge is -2.09. The van der Waals surface area contributed by atoms with Crippen molar-refractivity contribution in [3.63, 3.8) is 0 Å². The van der Waals surface area contributed by atoms with E-state index in [1.807, 2.05) is 37.3 Å². The van der Waals surface area contributed by atoms with E-state index in [4.69, 9.17) is 20.8 Å².